The monoisotopic (exact) mass is 640 g/mol. The first kappa shape index (κ1) is 42.1. The van der Waals surface area contributed by atoms with Gasteiger partial charge in [0.25, 0.3) is 0 Å². The van der Waals surface area contributed by atoms with Gasteiger partial charge in [0, 0.05) is 36.0 Å². The number of nitrogen functional groups attached to an aromatic ring is 1. The minimum Gasteiger partial charge on any atom is -0.399 e. The average molecular weight is 641 g/mol. The van der Waals surface area contributed by atoms with E-state index in [1.807, 2.05) is 56.6 Å². The first-order valence-electron chi connectivity index (χ1n) is 16.3. The number of aryl methyl sites for hydroxylation is 1. The Morgan fingerprint density at radius 1 is 0.957 bits per heavy atom. The van der Waals surface area contributed by atoms with E-state index in [0.717, 1.165) is 47.4 Å². The lowest BCUT2D eigenvalue weighted by Crippen LogP contribution is -2.23. The molecule has 1 heterocycles. The lowest BCUT2D eigenvalue weighted by atomic mass is 10.0. The van der Waals surface area contributed by atoms with Crippen molar-refractivity contribution in [3.63, 3.8) is 0 Å². The number of nitrogens with one attached hydrogen (secondary N) is 3. The zero-order valence-electron chi connectivity index (χ0n) is 29.0. The molecular formula is C41H60N4S. The molecule has 3 aromatic rings. The zero-order chi connectivity index (χ0) is 34.4. The van der Waals surface area contributed by atoms with E-state index in [0.29, 0.717) is 0 Å². The molecule has 1 aliphatic carbocycles. The average Bonchev–Trinajstić information content (AvgIpc) is 3.53. The van der Waals surface area contributed by atoms with Crippen molar-refractivity contribution in [1.82, 2.24) is 10.3 Å². The summed E-state index contributed by atoms with van der Waals surface area (Å²) in [7, 11) is 3.84. The van der Waals surface area contributed by atoms with E-state index in [9.17, 15) is 0 Å². The molecule has 5 N–H and O–H groups in total. The normalized spacial score (nSPS) is 11.9. The second-order valence-corrected chi connectivity index (χ2v) is 11.2. The van der Waals surface area contributed by atoms with Crippen LogP contribution in [0.3, 0.4) is 0 Å². The van der Waals surface area contributed by atoms with Crippen LogP contribution < -0.4 is 26.9 Å². The molecule has 1 aromatic heterocycles. The Labute approximate surface area is 286 Å². The highest BCUT2D eigenvalue weighted by atomic mass is 32.1. The Hall–Kier alpha value is -3.89. The van der Waals surface area contributed by atoms with Gasteiger partial charge in [0.1, 0.15) is 0 Å². The van der Waals surface area contributed by atoms with E-state index in [-0.39, 0.29) is 0 Å². The summed E-state index contributed by atoms with van der Waals surface area (Å²) in [6.45, 7) is 18.3. The maximum atomic E-state index is 5.70. The molecular weight excluding hydrogens is 581 g/mol. The number of H-pyrrole nitrogens is 1. The number of benzene rings is 2. The summed E-state index contributed by atoms with van der Waals surface area (Å²) in [5.74, 6) is 0.966. The van der Waals surface area contributed by atoms with Crippen LogP contribution in [0.2, 0.25) is 0 Å². The quantitative estimate of drug-likeness (QED) is 0.0533. The Kier molecular flexibility index (Phi) is 26.2. The molecule has 2 aromatic carbocycles. The molecule has 46 heavy (non-hydrogen) atoms. The van der Waals surface area contributed by atoms with Gasteiger partial charge in [0.15, 0.2) is 0 Å². The van der Waals surface area contributed by atoms with Crippen molar-refractivity contribution >= 4 is 35.7 Å². The van der Waals surface area contributed by atoms with Crippen LogP contribution in [0.4, 0.5) is 11.4 Å². The lowest BCUT2D eigenvalue weighted by molar-refractivity contribution is 0.504. The van der Waals surface area contributed by atoms with Crippen LogP contribution in [0.25, 0.3) is 22.9 Å². The fourth-order valence-electron chi connectivity index (χ4n) is 4.46. The second-order valence-electron chi connectivity index (χ2n) is 10.8. The van der Waals surface area contributed by atoms with E-state index >= 15 is 0 Å². The minimum absolute atomic E-state index is 0.779. The van der Waals surface area contributed by atoms with Crippen LogP contribution in [-0.2, 0) is 6.42 Å². The van der Waals surface area contributed by atoms with E-state index in [1.54, 1.807) is 12.2 Å². The van der Waals surface area contributed by atoms with E-state index in [2.05, 4.69) is 104 Å². The molecule has 250 valence electrons. The SMILES string of the molecule is C1CCCCC1.C=C.C=C/C=c1/[nH]c(-c2ccc(N)cc2)cc1=C(C)C.C=C=C/C=C/CNC.CNc1ccc(CCCS)cc1. The highest BCUT2D eigenvalue weighted by Gasteiger charge is 2.01. The Morgan fingerprint density at radius 2 is 1.54 bits per heavy atom. The van der Waals surface area contributed by atoms with Gasteiger partial charge in [-0.15, -0.1) is 18.9 Å². The molecule has 1 fully saturated rings. The Balaban J connectivity index is 0.000000625. The minimum atomic E-state index is 0.779. The number of rotatable bonds is 9. The first-order valence-corrected chi connectivity index (χ1v) is 16.9. The van der Waals surface area contributed by atoms with Gasteiger partial charge in [0.2, 0.25) is 0 Å². The molecule has 0 spiro atoms. The molecule has 0 atom stereocenters. The number of nitrogens with two attached hydrogens (primary N) is 1. The zero-order valence-corrected chi connectivity index (χ0v) is 29.9. The third-order valence-electron chi connectivity index (χ3n) is 6.93. The molecule has 4 rings (SSSR count). The van der Waals surface area contributed by atoms with Gasteiger partial charge in [-0.25, -0.2) is 0 Å². The molecule has 5 heteroatoms. The van der Waals surface area contributed by atoms with Gasteiger partial charge >= 0.3 is 0 Å². The number of aromatic nitrogens is 1. The van der Waals surface area contributed by atoms with Crippen molar-refractivity contribution in [3.05, 3.63) is 127 Å². The summed E-state index contributed by atoms with van der Waals surface area (Å²) in [6, 6.07) is 18.6. The van der Waals surface area contributed by atoms with Crippen molar-refractivity contribution in [2.24, 2.45) is 0 Å². The van der Waals surface area contributed by atoms with Crippen molar-refractivity contribution in [2.75, 3.05) is 37.4 Å². The molecule has 0 radical (unpaired) electrons. The standard InChI is InChI=1S/C16H18N2.C10H15NS.C7H11N.C6H12.C2H4/c1-4-5-15-14(11(2)3)10-16(18-15)12-6-8-13(17)9-7-12;1-11-10-6-4-9(5-7-10)3-2-8-12;1-3-4-5-6-7-8-2;1-2-4-6-5-3-1;1-2/h4-10,18H,1,17H2,2-3H3;4-7,11-12H,2-3,8H2,1H3;4-6,8H,1,7H2,2H3;1-6H2;1-2H2/b15-5+;;6-5+;;. The van der Waals surface area contributed by atoms with E-state index < -0.39 is 0 Å². The number of hydrogen-bond acceptors (Lipinski definition) is 4. The number of allylic oxidation sites excluding steroid dienone is 3. The van der Waals surface area contributed by atoms with Gasteiger partial charge in [-0.1, -0.05) is 99.7 Å². The topological polar surface area (TPSA) is 65.9 Å². The fraction of sp³-hybridized carbons (Fsp3) is 0.341. The fourth-order valence-corrected chi connectivity index (χ4v) is 4.61. The van der Waals surface area contributed by atoms with Gasteiger partial charge < -0.3 is 21.4 Å². The largest absolute Gasteiger partial charge is 0.399 e. The van der Waals surface area contributed by atoms with E-state index in [4.69, 9.17) is 5.73 Å². The molecule has 0 aliphatic heterocycles. The summed E-state index contributed by atoms with van der Waals surface area (Å²) >= 11 is 4.18. The summed E-state index contributed by atoms with van der Waals surface area (Å²) in [4.78, 5) is 3.41. The second kappa shape index (κ2) is 28.6. The number of aromatic amines is 1. The number of anilines is 2. The first-order chi connectivity index (χ1) is 22.4. The molecule has 0 unspecified atom stereocenters. The maximum Gasteiger partial charge on any atom is 0.0464 e. The van der Waals surface area contributed by atoms with Gasteiger partial charge in [-0.2, -0.15) is 12.6 Å². The highest BCUT2D eigenvalue weighted by molar-refractivity contribution is 7.80. The molecule has 1 saturated carbocycles. The third kappa shape index (κ3) is 19.5. The summed E-state index contributed by atoms with van der Waals surface area (Å²) < 4.78 is 0. The Morgan fingerprint density at radius 3 is 2.00 bits per heavy atom. The Bertz CT molecular complexity index is 1370. The van der Waals surface area contributed by atoms with Crippen LogP contribution in [-0.4, -0.2) is 31.4 Å². The van der Waals surface area contributed by atoms with E-state index in [1.165, 1.54) is 60.6 Å². The lowest BCUT2D eigenvalue weighted by Gasteiger charge is -2.05. The summed E-state index contributed by atoms with van der Waals surface area (Å²) in [5.41, 5.74) is 15.2. The van der Waals surface area contributed by atoms with Gasteiger partial charge in [-0.3, -0.25) is 0 Å². The predicted molar refractivity (Wildman–Crippen MR) is 213 cm³/mol. The highest BCUT2D eigenvalue weighted by Crippen LogP contribution is 2.16. The van der Waals surface area contributed by atoms with Gasteiger partial charge in [-0.05, 0) is 98.3 Å². The third-order valence-corrected chi connectivity index (χ3v) is 7.25. The smallest absolute Gasteiger partial charge is 0.0464 e. The van der Waals surface area contributed by atoms with Crippen molar-refractivity contribution in [1.29, 1.82) is 0 Å². The van der Waals surface area contributed by atoms with Crippen LogP contribution in [0.15, 0.2) is 111 Å². The van der Waals surface area contributed by atoms with Crippen LogP contribution in [0.5, 0.6) is 0 Å². The number of hydrogen-bond donors (Lipinski definition) is 5. The number of likely N-dealkylation sites (N-methyl/N-ethyl adjacent to an activating group) is 1. The maximum absolute atomic E-state index is 5.70. The predicted octanol–water partition coefficient (Wildman–Crippen LogP) is 9.26. The van der Waals surface area contributed by atoms with Crippen LogP contribution in [0.1, 0.15) is 64.4 Å². The van der Waals surface area contributed by atoms with Crippen LogP contribution in [0, 0.1) is 0 Å². The molecule has 0 amide bonds. The summed E-state index contributed by atoms with van der Waals surface area (Å²) in [5, 5.41) is 8.38. The van der Waals surface area contributed by atoms with Crippen molar-refractivity contribution < 1.29 is 0 Å². The van der Waals surface area contributed by atoms with Crippen molar-refractivity contribution in [2.45, 2.75) is 65.2 Å². The summed E-state index contributed by atoms with van der Waals surface area (Å²) in [6.07, 6.45) is 20.8. The molecule has 0 saturated heterocycles. The number of thiol groups is 1. The van der Waals surface area contributed by atoms with Crippen molar-refractivity contribution in [3.8, 4) is 11.3 Å². The molecule has 0 bridgehead atoms. The molecule has 4 nitrogen and oxygen atoms in total. The van der Waals surface area contributed by atoms with Crippen LogP contribution >= 0.6 is 12.6 Å². The molecule has 1 aliphatic rings. The van der Waals surface area contributed by atoms with Gasteiger partial charge in [0.05, 0.1) is 0 Å².